The van der Waals surface area contributed by atoms with E-state index in [0.29, 0.717) is 5.02 Å². The first-order chi connectivity index (χ1) is 9.52. The third-order valence-corrected chi connectivity index (χ3v) is 4.01. The zero-order valence-corrected chi connectivity index (χ0v) is 11.9. The lowest BCUT2D eigenvalue weighted by molar-refractivity contribution is -0.139. The summed E-state index contributed by atoms with van der Waals surface area (Å²) >= 11 is 6.03. The largest absolute Gasteiger partial charge is 0.481 e. The number of nitrogens with one attached hydrogen (secondary N) is 1. The molecule has 1 saturated carbocycles. The van der Waals surface area contributed by atoms with Crippen LogP contribution in [0.2, 0.25) is 5.02 Å². The lowest BCUT2D eigenvalue weighted by Gasteiger charge is -2.31. The maximum absolute atomic E-state index is 12.0. The fourth-order valence-electron chi connectivity index (χ4n) is 2.80. The molecule has 1 aromatic carbocycles. The summed E-state index contributed by atoms with van der Waals surface area (Å²) in [6, 6.07) is 7.53. The molecule has 0 heterocycles. The highest BCUT2D eigenvalue weighted by molar-refractivity contribution is 6.30. The minimum Gasteiger partial charge on any atom is -0.481 e. The molecular formula is C15H18ClNO3. The molecule has 0 aliphatic heterocycles. The van der Waals surface area contributed by atoms with E-state index in [1.807, 2.05) is 18.2 Å². The smallest absolute Gasteiger partial charge is 0.303 e. The van der Waals surface area contributed by atoms with Crippen LogP contribution in [0.25, 0.3) is 0 Å². The number of hydrogen-bond acceptors (Lipinski definition) is 2. The highest BCUT2D eigenvalue weighted by atomic mass is 35.5. The van der Waals surface area contributed by atoms with Crippen molar-refractivity contribution in [3.63, 3.8) is 0 Å². The van der Waals surface area contributed by atoms with E-state index in [1.54, 1.807) is 6.07 Å². The second-order valence-electron chi connectivity index (χ2n) is 5.24. The molecular weight excluding hydrogens is 278 g/mol. The van der Waals surface area contributed by atoms with Crippen LogP contribution < -0.4 is 5.32 Å². The van der Waals surface area contributed by atoms with E-state index >= 15 is 0 Å². The fraction of sp³-hybridized carbons (Fsp3) is 0.467. The van der Waals surface area contributed by atoms with Crippen molar-refractivity contribution in [2.45, 2.75) is 44.1 Å². The van der Waals surface area contributed by atoms with Gasteiger partial charge in [-0.3, -0.25) is 9.59 Å². The van der Waals surface area contributed by atoms with E-state index in [2.05, 4.69) is 5.32 Å². The summed E-state index contributed by atoms with van der Waals surface area (Å²) in [5.41, 5.74) is 0.617. The molecule has 2 N–H and O–H groups in total. The van der Waals surface area contributed by atoms with Crippen LogP contribution in [0.5, 0.6) is 0 Å². The van der Waals surface area contributed by atoms with Crippen molar-refractivity contribution in [2.24, 2.45) is 0 Å². The number of carbonyl (C=O) groups is 2. The molecule has 0 bridgehead atoms. The molecule has 0 radical (unpaired) electrons. The first-order valence-corrected chi connectivity index (χ1v) is 7.18. The van der Waals surface area contributed by atoms with Gasteiger partial charge in [0.1, 0.15) is 0 Å². The summed E-state index contributed by atoms with van der Waals surface area (Å²) in [7, 11) is 0. The summed E-state index contributed by atoms with van der Waals surface area (Å²) in [5.74, 6) is -1.17. The number of carboxylic acid groups (broad SMARTS) is 1. The van der Waals surface area contributed by atoms with Gasteiger partial charge >= 0.3 is 5.97 Å². The summed E-state index contributed by atoms with van der Waals surface area (Å²) in [6.07, 6.45) is 3.70. The van der Waals surface area contributed by atoms with Gasteiger partial charge in [-0.1, -0.05) is 36.6 Å². The maximum Gasteiger partial charge on any atom is 0.303 e. The Hall–Kier alpha value is -1.55. The topological polar surface area (TPSA) is 66.4 Å². The Morgan fingerprint density at radius 1 is 1.25 bits per heavy atom. The Morgan fingerprint density at radius 2 is 1.95 bits per heavy atom. The molecule has 20 heavy (non-hydrogen) atoms. The summed E-state index contributed by atoms with van der Waals surface area (Å²) < 4.78 is 0. The van der Waals surface area contributed by atoms with E-state index in [4.69, 9.17) is 16.7 Å². The van der Waals surface area contributed by atoms with Gasteiger partial charge < -0.3 is 10.4 Å². The molecule has 1 aliphatic carbocycles. The normalized spacial score (nSPS) is 16.9. The summed E-state index contributed by atoms with van der Waals surface area (Å²) in [5, 5.41) is 12.3. The molecule has 0 unspecified atom stereocenters. The molecule has 1 fully saturated rings. The SMILES string of the molecule is O=C(O)CCC(=O)NC1(c2cccc(Cl)c2)CCCC1. The Labute approximate surface area is 123 Å². The molecule has 0 saturated heterocycles. The van der Waals surface area contributed by atoms with Crippen LogP contribution in [0.1, 0.15) is 44.1 Å². The van der Waals surface area contributed by atoms with Crippen LogP contribution in [0.4, 0.5) is 0 Å². The number of carboxylic acids is 1. The lowest BCUT2D eigenvalue weighted by Crippen LogP contribution is -2.43. The quantitative estimate of drug-likeness (QED) is 0.877. The zero-order chi connectivity index (χ0) is 14.6. The van der Waals surface area contributed by atoms with Crippen LogP contribution in [-0.2, 0) is 15.1 Å². The molecule has 0 atom stereocenters. The second kappa shape index (κ2) is 6.27. The highest BCUT2D eigenvalue weighted by Gasteiger charge is 2.37. The Bertz CT molecular complexity index is 510. The lowest BCUT2D eigenvalue weighted by atomic mass is 9.88. The van der Waals surface area contributed by atoms with E-state index in [-0.39, 0.29) is 24.3 Å². The Balaban J connectivity index is 2.14. The fourth-order valence-corrected chi connectivity index (χ4v) is 2.99. The average Bonchev–Trinajstić information content (AvgIpc) is 2.86. The van der Waals surface area contributed by atoms with Crippen molar-refractivity contribution in [3.8, 4) is 0 Å². The van der Waals surface area contributed by atoms with Gasteiger partial charge in [-0.05, 0) is 30.5 Å². The Kier molecular flexibility index (Phi) is 4.65. The molecule has 1 aromatic rings. The number of benzene rings is 1. The average molecular weight is 296 g/mol. The number of hydrogen-bond donors (Lipinski definition) is 2. The number of carbonyl (C=O) groups excluding carboxylic acids is 1. The standard InChI is InChI=1S/C15H18ClNO3/c16-12-5-3-4-11(10-12)15(8-1-2-9-15)17-13(18)6-7-14(19)20/h3-5,10H,1-2,6-9H2,(H,17,18)(H,19,20). The maximum atomic E-state index is 12.0. The van der Waals surface area contributed by atoms with Crippen LogP contribution in [0, 0.1) is 0 Å². The number of aliphatic carboxylic acids is 1. The van der Waals surface area contributed by atoms with Crippen LogP contribution in [-0.4, -0.2) is 17.0 Å². The third kappa shape index (κ3) is 3.51. The molecule has 5 heteroatoms. The van der Waals surface area contributed by atoms with Crippen molar-refractivity contribution in [3.05, 3.63) is 34.9 Å². The number of amides is 1. The molecule has 2 rings (SSSR count). The van der Waals surface area contributed by atoms with Crippen molar-refractivity contribution in [1.29, 1.82) is 0 Å². The van der Waals surface area contributed by atoms with Gasteiger partial charge in [-0.25, -0.2) is 0 Å². The molecule has 108 valence electrons. The van der Waals surface area contributed by atoms with Crippen LogP contribution in [0.3, 0.4) is 0 Å². The van der Waals surface area contributed by atoms with Gasteiger partial charge in [-0.2, -0.15) is 0 Å². The zero-order valence-electron chi connectivity index (χ0n) is 11.2. The van der Waals surface area contributed by atoms with Crippen molar-refractivity contribution >= 4 is 23.5 Å². The molecule has 1 aliphatic rings. The van der Waals surface area contributed by atoms with E-state index in [9.17, 15) is 9.59 Å². The van der Waals surface area contributed by atoms with Gasteiger partial charge in [0.2, 0.25) is 5.91 Å². The van der Waals surface area contributed by atoms with Gasteiger partial charge in [0.25, 0.3) is 0 Å². The van der Waals surface area contributed by atoms with Gasteiger partial charge in [0.05, 0.1) is 12.0 Å². The van der Waals surface area contributed by atoms with E-state index in [0.717, 1.165) is 31.2 Å². The molecule has 4 nitrogen and oxygen atoms in total. The number of rotatable bonds is 5. The summed E-state index contributed by atoms with van der Waals surface area (Å²) in [6.45, 7) is 0. The number of halogens is 1. The first-order valence-electron chi connectivity index (χ1n) is 6.81. The minimum atomic E-state index is -0.955. The highest BCUT2D eigenvalue weighted by Crippen LogP contribution is 2.39. The van der Waals surface area contributed by atoms with Crippen molar-refractivity contribution in [1.82, 2.24) is 5.32 Å². The van der Waals surface area contributed by atoms with E-state index < -0.39 is 5.97 Å². The monoisotopic (exact) mass is 295 g/mol. The third-order valence-electron chi connectivity index (χ3n) is 3.78. The van der Waals surface area contributed by atoms with Crippen molar-refractivity contribution < 1.29 is 14.7 Å². The minimum absolute atomic E-state index is 0.0116. The first kappa shape index (κ1) is 14.9. The van der Waals surface area contributed by atoms with Crippen LogP contribution in [0.15, 0.2) is 24.3 Å². The summed E-state index contributed by atoms with van der Waals surface area (Å²) in [4.78, 5) is 22.5. The predicted octanol–water partition coefficient (Wildman–Crippen LogP) is 3.09. The molecule has 0 aromatic heterocycles. The van der Waals surface area contributed by atoms with Gasteiger partial charge in [0, 0.05) is 11.4 Å². The Morgan fingerprint density at radius 3 is 2.55 bits per heavy atom. The second-order valence-corrected chi connectivity index (χ2v) is 5.68. The predicted molar refractivity (Wildman–Crippen MR) is 76.6 cm³/mol. The van der Waals surface area contributed by atoms with Crippen LogP contribution >= 0.6 is 11.6 Å². The van der Waals surface area contributed by atoms with Gasteiger partial charge in [0.15, 0.2) is 0 Å². The van der Waals surface area contributed by atoms with Gasteiger partial charge in [-0.15, -0.1) is 0 Å². The van der Waals surface area contributed by atoms with E-state index in [1.165, 1.54) is 0 Å². The van der Waals surface area contributed by atoms with Crippen molar-refractivity contribution in [2.75, 3.05) is 0 Å². The molecule has 0 spiro atoms. The molecule has 1 amide bonds.